The minimum Gasteiger partial charge on any atom is -0.383 e. The molecule has 176 valence electrons. The fourth-order valence-corrected chi connectivity index (χ4v) is 4.24. The van der Waals surface area contributed by atoms with Crippen LogP contribution in [0.2, 0.25) is 0 Å². The molecule has 11 nitrogen and oxygen atoms in total. The summed E-state index contributed by atoms with van der Waals surface area (Å²) in [5.41, 5.74) is 8.15. The number of likely N-dealkylation sites (tertiary alicyclic amines) is 1. The van der Waals surface area contributed by atoms with E-state index in [1.54, 1.807) is 30.1 Å². The van der Waals surface area contributed by atoms with E-state index >= 15 is 0 Å². The number of amides is 2. The molecule has 1 aliphatic rings. The van der Waals surface area contributed by atoms with E-state index in [1.165, 1.54) is 22.5 Å². The summed E-state index contributed by atoms with van der Waals surface area (Å²) < 4.78 is 6.56. The van der Waals surface area contributed by atoms with Crippen LogP contribution in [0.3, 0.4) is 0 Å². The first-order valence-corrected chi connectivity index (χ1v) is 11.1. The van der Waals surface area contributed by atoms with E-state index in [2.05, 4.69) is 20.6 Å². The van der Waals surface area contributed by atoms with Crippen LogP contribution in [0.1, 0.15) is 16.9 Å². The Labute approximate surface area is 198 Å². The molecule has 0 aliphatic carbocycles. The van der Waals surface area contributed by atoms with Crippen LogP contribution in [0.15, 0.2) is 53.4 Å². The van der Waals surface area contributed by atoms with E-state index in [0.717, 1.165) is 16.8 Å². The van der Waals surface area contributed by atoms with Crippen molar-refractivity contribution in [1.29, 1.82) is 0 Å². The van der Waals surface area contributed by atoms with Crippen LogP contribution < -0.4 is 11.1 Å². The highest BCUT2D eigenvalue weighted by Gasteiger charge is 2.26. The number of rotatable bonds is 5. The SMILES string of the molecule is CN1CCC(O)C1=O.Cn1ccc(Nc2sc(-c3cccc(-c4ccon4)c3)nc2C(N)=O)n1. The van der Waals surface area contributed by atoms with Crippen LogP contribution in [0, 0.1) is 0 Å². The first kappa shape index (κ1) is 23.1. The lowest BCUT2D eigenvalue weighted by atomic mass is 10.1. The number of hydrogen-bond donors (Lipinski definition) is 3. The molecule has 5 rings (SSSR count). The molecular weight excluding hydrogens is 458 g/mol. The number of aliphatic hydroxyl groups excluding tert-OH is 1. The maximum Gasteiger partial charge on any atom is 0.270 e. The van der Waals surface area contributed by atoms with Gasteiger partial charge in [-0.15, -0.1) is 0 Å². The highest BCUT2D eigenvalue weighted by atomic mass is 32.1. The number of nitrogens with zero attached hydrogens (tertiary/aromatic N) is 5. The molecule has 3 aromatic heterocycles. The minimum atomic E-state index is -0.722. The Balaban J connectivity index is 0.000000291. The van der Waals surface area contributed by atoms with Crippen LogP contribution in [0.4, 0.5) is 10.8 Å². The van der Waals surface area contributed by atoms with Gasteiger partial charge in [0.1, 0.15) is 28.1 Å². The lowest BCUT2D eigenvalue weighted by Gasteiger charge is -2.04. The van der Waals surface area contributed by atoms with E-state index in [0.29, 0.717) is 28.8 Å². The fraction of sp³-hybridized carbons (Fsp3) is 0.227. The molecule has 0 bridgehead atoms. The van der Waals surface area contributed by atoms with E-state index in [9.17, 15) is 9.59 Å². The number of primary amides is 1. The largest absolute Gasteiger partial charge is 0.383 e. The van der Waals surface area contributed by atoms with E-state index in [-0.39, 0.29) is 11.6 Å². The highest BCUT2D eigenvalue weighted by Crippen LogP contribution is 2.35. The molecule has 1 fully saturated rings. The Bertz CT molecular complexity index is 1290. The number of thiazole rings is 1. The average molecular weight is 482 g/mol. The van der Waals surface area contributed by atoms with Gasteiger partial charge in [-0.1, -0.05) is 34.7 Å². The molecule has 4 N–H and O–H groups in total. The summed E-state index contributed by atoms with van der Waals surface area (Å²) in [6, 6.07) is 11.3. The number of hydrogen-bond acceptors (Lipinski definition) is 9. The van der Waals surface area contributed by atoms with Crippen molar-refractivity contribution < 1.29 is 19.2 Å². The van der Waals surface area contributed by atoms with Crippen LogP contribution in [0.5, 0.6) is 0 Å². The number of carbonyl (C=O) groups excluding carboxylic acids is 2. The number of aromatic nitrogens is 4. The monoisotopic (exact) mass is 481 g/mol. The summed E-state index contributed by atoms with van der Waals surface area (Å²) in [5.74, 6) is -0.134. The van der Waals surface area contributed by atoms with Crippen molar-refractivity contribution in [2.24, 2.45) is 12.8 Å². The Morgan fingerprint density at radius 2 is 2.06 bits per heavy atom. The van der Waals surface area contributed by atoms with Gasteiger partial charge in [0.2, 0.25) is 0 Å². The molecule has 1 saturated heterocycles. The van der Waals surface area contributed by atoms with Crippen molar-refractivity contribution in [1.82, 2.24) is 24.8 Å². The van der Waals surface area contributed by atoms with Crippen molar-refractivity contribution in [2.75, 3.05) is 18.9 Å². The van der Waals surface area contributed by atoms with Crippen LogP contribution in [-0.4, -0.2) is 61.4 Å². The van der Waals surface area contributed by atoms with Gasteiger partial charge in [-0.2, -0.15) is 5.10 Å². The first-order chi connectivity index (χ1) is 16.3. The second-order valence-corrected chi connectivity index (χ2v) is 8.59. The van der Waals surface area contributed by atoms with Crippen molar-refractivity contribution >= 4 is 34.0 Å². The molecule has 0 radical (unpaired) electrons. The van der Waals surface area contributed by atoms with Gasteiger partial charge in [0.05, 0.1) is 0 Å². The van der Waals surface area contributed by atoms with Gasteiger partial charge in [-0.25, -0.2) is 4.98 Å². The summed E-state index contributed by atoms with van der Waals surface area (Å²) in [7, 11) is 3.51. The zero-order valence-electron chi connectivity index (χ0n) is 18.5. The Morgan fingerprint density at radius 3 is 2.62 bits per heavy atom. The maximum absolute atomic E-state index is 11.8. The molecule has 1 aliphatic heterocycles. The highest BCUT2D eigenvalue weighted by molar-refractivity contribution is 7.19. The number of nitrogens with two attached hydrogens (primary N) is 1. The topological polar surface area (TPSA) is 152 Å². The normalized spacial score (nSPS) is 15.2. The third kappa shape index (κ3) is 5.13. The van der Waals surface area contributed by atoms with Gasteiger partial charge in [0, 0.05) is 50.1 Å². The summed E-state index contributed by atoms with van der Waals surface area (Å²) in [6.07, 6.45) is 3.19. The number of benzene rings is 1. The van der Waals surface area contributed by atoms with Crippen LogP contribution >= 0.6 is 11.3 Å². The van der Waals surface area contributed by atoms with Gasteiger partial charge in [-0.05, 0) is 12.5 Å². The summed E-state index contributed by atoms with van der Waals surface area (Å²) in [4.78, 5) is 28.3. The number of nitrogens with one attached hydrogen (secondary N) is 1. The molecule has 2 amide bonds. The first-order valence-electron chi connectivity index (χ1n) is 10.3. The second kappa shape index (κ2) is 9.85. The Morgan fingerprint density at radius 1 is 1.26 bits per heavy atom. The predicted molar refractivity (Wildman–Crippen MR) is 126 cm³/mol. The number of carbonyl (C=O) groups is 2. The van der Waals surface area contributed by atoms with Gasteiger partial charge < -0.3 is 25.6 Å². The number of anilines is 2. The Hall–Kier alpha value is -4.03. The van der Waals surface area contributed by atoms with Gasteiger partial charge >= 0.3 is 0 Å². The second-order valence-electron chi connectivity index (χ2n) is 7.59. The number of likely N-dealkylation sites (N-methyl/N-ethyl adjacent to an activating group) is 1. The average Bonchev–Trinajstić information content (AvgIpc) is 3.62. The zero-order valence-corrected chi connectivity index (χ0v) is 19.3. The standard InChI is InChI=1S/C17H14N6O2S.C5H9NO2/c1-23-7-5-13(21-23)19-17-14(15(18)24)20-16(26-17)11-4-2-3-10(9-11)12-6-8-25-22-12;1-6-3-2-4(7)5(6)8/h2-9H,1H3,(H2,18,24)(H,19,21);4,7H,2-3H2,1H3. The van der Waals surface area contributed by atoms with Crippen LogP contribution in [0.25, 0.3) is 21.8 Å². The van der Waals surface area contributed by atoms with Crippen molar-refractivity contribution in [3.8, 4) is 21.8 Å². The molecule has 1 aromatic carbocycles. The Kier molecular flexibility index (Phi) is 6.70. The molecule has 12 heteroatoms. The molecule has 1 unspecified atom stereocenters. The molecule has 4 heterocycles. The molecule has 34 heavy (non-hydrogen) atoms. The predicted octanol–water partition coefficient (Wildman–Crippen LogP) is 2.25. The summed E-state index contributed by atoms with van der Waals surface area (Å²) >= 11 is 1.33. The van der Waals surface area contributed by atoms with Crippen LogP contribution in [-0.2, 0) is 11.8 Å². The molecular formula is C22H23N7O4S. The lowest BCUT2D eigenvalue weighted by molar-refractivity contribution is -0.133. The van der Waals surface area contributed by atoms with E-state index in [4.69, 9.17) is 15.4 Å². The van der Waals surface area contributed by atoms with Gasteiger partial charge in [0.15, 0.2) is 11.5 Å². The van der Waals surface area contributed by atoms with Crippen molar-refractivity contribution in [2.45, 2.75) is 12.5 Å². The lowest BCUT2D eigenvalue weighted by Crippen LogP contribution is -2.24. The maximum atomic E-state index is 11.8. The third-order valence-electron chi connectivity index (χ3n) is 5.06. The van der Waals surface area contributed by atoms with Gasteiger partial charge in [0.25, 0.3) is 11.8 Å². The van der Waals surface area contributed by atoms with Crippen molar-refractivity contribution in [3.05, 3.63) is 54.6 Å². The molecule has 0 spiro atoms. The molecule has 0 saturated carbocycles. The minimum absolute atomic E-state index is 0.148. The number of aryl methyl sites for hydroxylation is 1. The van der Waals surface area contributed by atoms with E-state index < -0.39 is 12.0 Å². The molecule has 1 atom stereocenters. The van der Waals surface area contributed by atoms with Crippen molar-refractivity contribution in [3.63, 3.8) is 0 Å². The molecule has 4 aromatic rings. The zero-order chi connectivity index (χ0) is 24.2. The quantitative estimate of drug-likeness (QED) is 0.392. The van der Waals surface area contributed by atoms with E-state index in [1.807, 2.05) is 31.3 Å². The number of aliphatic hydroxyl groups is 1. The van der Waals surface area contributed by atoms with Gasteiger partial charge in [-0.3, -0.25) is 14.3 Å². The third-order valence-corrected chi connectivity index (χ3v) is 6.08. The smallest absolute Gasteiger partial charge is 0.270 e. The summed E-state index contributed by atoms with van der Waals surface area (Å²) in [5, 5.41) is 21.3. The fourth-order valence-electron chi connectivity index (χ4n) is 3.27. The summed E-state index contributed by atoms with van der Waals surface area (Å²) in [6.45, 7) is 0.694.